The zero-order chi connectivity index (χ0) is 15.4. The first kappa shape index (κ1) is 19.3. The Morgan fingerprint density at radius 3 is 2.77 bits per heavy atom. The molecule has 1 aliphatic rings. The average molecular weight is 343 g/mol. The van der Waals surface area contributed by atoms with Crippen molar-refractivity contribution in [3.8, 4) is 0 Å². The van der Waals surface area contributed by atoms with Crippen LogP contribution in [0.2, 0.25) is 0 Å². The maximum absolute atomic E-state index is 12.5. The fraction of sp³-hybridized carbons (Fsp3) is 0.588. The van der Waals surface area contributed by atoms with Crippen molar-refractivity contribution < 1.29 is 4.79 Å². The number of benzene rings is 1. The number of likely N-dealkylation sites (tertiary alicyclic amines) is 1. The topological polar surface area (TPSA) is 46.3 Å². The van der Waals surface area contributed by atoms with Crippen LogP contribution < -0.4 is 5.73 Å². The van der Waals surface area contributed by atoms with Crippen molar-refractivity contribution in [2.75, 3.05) is 12.3 Å². The molecule has 0 aliphatic carbocycles. The van der Waals surface area contributed by atoms with Gasteiger partial charge in [0.1, 0.15) is 0 Å². The lowest BCUT2D eigenvalue weighted by atomic mass is 9.97. The number of piperidine rings is 1. The van der Waals surface area contributed by atoms with E-state index in [0.29, 0.717) is 5.75 Å². The van der Waals surface area contributed by atoms with Gasteiger partial charge in [-0.2, -0.15) is 0 Å². The predicted octanol–water partition coefficient (Wildman–Crippen LogP) is 3.55. The lowest BCUT2D eigenvalue weighted by Crippen LogP contribution is -2.52. The van der Waals surface area contributed by atoms with Gasteiger partial charge in [0.2, 0.25) is 5.91 Å². The second kappa shape index (κ2) is 8.80. The third-order valence-corrected chi connectivity index (χ3v) is 5.32. The minimum Gasteiger partial charge on any atom is -0.337 e. The Balaban J connectivity index is 0.00000242. The van der Waals surface area contributed by atoms with Gasteiger partial charge in [0.25, 0.3) is 0 Å². The summed E-state index contributed by atoms with van der Waals surface area (Å²) in [4.78, 5) is 15.7. The maximum atomic E-state index is 12.5. The summed E-state index contributed by atoms with van der Waals surface area (Å²) in [5.74, 6) is 0.731. The number of carbonyl (C=O) groups excluding carboxylic acids is 1. The van der Waals surface area contributed by atoms with Crippen LogP contribution in [0.3, 0.4) is 0 Å². The van der Waals surface area contributed by atoms with E-state index in [1.165, 1.54) is 22.4 Å². The van der Waals surface area contributed by atoms with Crippen molar-refractivity contribution in [2.45, 2.75) is 57.0 Å². The molecule has 2 N–H and O–H groups in total. The molecule has 1 heterocycles. The van der Waals surface area contributed by atoms with Gasteiger partial charge in [0.15, 0.2) is 0 Å². The molecule has 0 radical (unpaired) electrons. The minimum atomic E-state index is 0. The van der Waals surface area contributed by atoms with Crippen LogP contribution in [0.4, 0.5) is 0 Å². The Bertz CT molecular complexity index is 507. The highest BCUT2D eigenvalue weighted by Gasteiger charge is 2.28. The van der Waals surface area contributed by atoms with E-state index in [2.05, 4.69) is 32.0 Å². The number of carbonyl (C=O) groups is 1. The number of nitrogens with zero attached hydrogens (tertiary/aromatic N) is 1. The third kappa shape index (κ3) is 4.90. The molecule has 1 amide bonds. The number of thioether (sulfide) groups is 1. The summed E-state index contributed by atoms with van der Waals surface area (Å²) in [5.41, 5.74) is 8.55. The summed E-state index contributed by atoms with van der Waals surface area (Å²) in [6.45, 7) is 7.06. The highest BCUT2D eigenvalue weighted by Crippen LogP contribution is 2.25. The van der Waals surface area contributed by atoms with E-state index in [4.69, 9.17) is 5.73 Å². The maximum Gasteiger partial charge on any atom is 0.233 e. The summed E-state index contributed by atoms with van der Waals surface area (Å²) >= 11 is 1.64. The molecule has 5 heteroatoms. The summed E-state index contributed by atoms with van der Waals surface area (Å²) in [7, 11) is 0. The first-order chi connectivity index (χ1) is 9.99. The van der Waals surface area contributed by atoms with Gasteiger partial charge >= 0.3 is 0 Å². The van der Waals surface area contributed by atoms with E-state index < -0.39 is 0 Å². The molecule has 0 aromatic heterocycles. The number of hydrogen-bond acceptors (Lipinski definition) is 3. The van der Waals surface area contributed by atoms with Gasteiger partial charge in [-0.15, -0.1) is 24.2 Å². The van der Waals surface area contributed by atoms with Crippen molar-refractivity contribution in [2.24, 2.45) is 5.73 Å². The van der Waals surface area contributed by atoms with Gasteiger partial charge in [-0.1, -0.05) is 17.7 Å². The molecule has 124 valence electrons. The molecule has 1 aromatic carbocycles. The number of rotatable bonds is 4. The minimum absolute atomic E-state index is 0. The van der Waals surface area contributed by atoms with Crippen LogP contribution in [0.25, 0.3) is 0 Å². The Morgan fingerprint density at radius 2 is 2.14 bits per heavy atom. The van der Waals surface area contributed by atoms with E-state index in [-0.39, 0.29) is 30.4 Å². The predicted molar refractivity (Wildman–Crippen MR) is 96.9 cm³/mol. The largest absolute Gasteiger partial charge is 0.337 e. The summed E-state index contributed by atoms with van der Waals surface area (Å²) < 4.78 is 0. The van der Waals surface area contributed by atoms with Crippen molar-refractivity contribution >= 4 is 30.1 Å². The molecule has 1 aromatic rings. The van der Waals surface area contributed by atoms with Gasteiger partial charge in [-0.05, 0) is 51.7 Å². The molecule has 0 spiro atoms. The highest BCUT2D eigenvalue weighted by atomic mass is 35.5. The molecule has 3 nitrogen and oxygen atoms in total. The SMILES string of the molecule is Cc1ccc(SCC(=O)N2CCCCC2C(C)N)c(C)c1.Cl. The van der Waals surface area contributed by atoms with Crippen molar-refractivity contribution in [3.05, 3.63) is 29.3 Å². The number of nitrogens with two attached hydrogens (primary N) is 1. The van der Waals surface area contributed by atoms with Crippen LogP contribution in [0, 0.1) is 13.8 Å². The Labute approximate surface area is 144 Å². The zero-order valence-corrected chi connectivity index (χ0v) is 15.3. The van der Waals surface area contributed by atoms with Crippen LogP contribution in [0.15, 0.2) is 23.1 Å². The Hall–Kier alpha value is -0.710. The summed E-state index contributed by atoms with van der Waals surface area (Å²) in [5, 5.41) is 0. The molecular formula is C17H27ClN2OS. The third-order valence-electron chi connectivity index (χ3n) is 4.16. The standard InChI is InChI=1S/C17H26N2OS.ClH/c1-12-7-8-16(13(2)10-12)21-11-17(20)19-9-5-4-6-15(19)14(3)18;/h7-8,10,14-15H,4-6,9,11,18H2,1-3H3;1H. The molecule has 1 fully saturated rings. The Kier molecular flexibility index (Phi) is 7.74. The number of halogens is 1. The second-order valence-corrected chi connectivity index (χ2v) is 7.08. The summed E-state index contributed by atoms with van der Waals surface area (Å²) in [6.07, 6.45) is 3.32. The van der Waals surface area contributed by atoms with Crippen LogP contribution >= 0.6 is 24.2 Å². The first-order valence-corrected chi connectivity index (χ1v) is 8.72. The van der Waals surface area contributed by atoms with Crippen LogP contribution in [0.1, 0.15) is 37.3 Å². The molecule has 2 unspecified atom stereocenters. The lowest BCUT2D eigenvalue weighted by molar-refractivity contribution is -0.132. The van der Waals surface area contributed by atoms with Crippen LogP contribution in [0.5, 0.6) is 0 Å². The van der Waals surface area contributed by atoms with Gasteiger partial charge in [0, 0.05) is 23.5 Å². The van der Waals surface area contributed by atoms with Gasteiger partial charge in [0.05, 0.1) is 5.75 Å². The van der Waals surface area contributed by atoms with Crippen molar-refractivity contribution in [1.29, 1.82) is 0 Å². The molecule has 2 atom stereocenters. The summed E-state index contributed by atoms with van der Waals surface area (Å²) in [6, 6.07) is 6.65. The van der Waals surface area contributed by atoms with E-state index in [1.807, 2.05) is 11.8 Å². The quantitative estimate of drug-likeness (QED) is 0.851. The van der Waals surface area contributed by atoms with Gasteiger partial charge in [-0.3, -0.25) is 4.79 Å². The fourth-order valence-corrected chi connectivity index (χ4v) is 3.89. The Morgan fingerprint density at radius 1 is 1.41 bits per heavy atom. The first-order valence-electron chi connectivity index (χ1n) is 7.74. The van der Waals surface area contributed by atoms with E-state index in [9.17, 15) is 4.79 Å². The van der Waals surface area contributed by atoms with Crippen LogP contribution in [-0.2, 0) is 4.79 Å². The molecule has 0 saturated carbocycles. The molecule has 0 bridgehead atoms. The lowest BCUT2D eigenvalue weighted by Gasteiger charge is -2.38. The van der Waals surface area contributed by atoms with Crippen molar-refractivity contribution in [1.82, 2.24) is 4.90 Å². The highest BCUT2D eigenvalue weighted by molar-refractivity contribution is 8.00. The van der Waals surface area contributed by atoms with E-state index >= 15 is 0 Å². The monoisotopic (exact) mass is 342 g/mol. The second-order valence-electron chi connectivity index (χ2n) is 6.07. The molecular weight excluding hydrogens is 316 g/mol. The number of hydrogen-bond donors (Lipinski definition) is 1. The normalized spacial score (nSPS) is 19.5. The number of amides is 1. The van der Waals surface area contributed by atoms with Crippen LogP contribution in [-0.4, -0.2) is 35.2 Å². The van der Waals surface area contributed by atoms with Gasteiger partial charge < -0.3 is 10.6 Å². The van der Waals surface area contributed by atoms with E-state index in [0.717, 1.165) is 19.4 Å². The zero-order valence-electron chi connectivity index (χ0n) is 13.7. The molecule has 1 saturated heterocycles. The fourth-order valence-electron chi connectivity index (χ4n) is 3.00. The molecule has 22 heavy (non-hydrogen) atoms. The van der Waals surface area contributed by atoms with E-state index in [1.54, 1.807) is 11.8 Å². The molecule has 2 rings (SSSR count). The average Bonchev–Trinajstić information content (AvgIpc) is 2.46. The van der Waals surface area contributed by atoms with Crippen molar-refractivity contribution in [3.63, 3.8) is 0 Å². The van der Waals surface area contributed by atoms with Gasteiger partial charge in [-0.25, -0.2) is 0 Å². The molecule has 1 aliphatic heterocycles. The smallest absolute Gasteiger partial charge is 0.233 e. The number of aryl methyl sites for hydroxylation is 2.